The summed E-state index contributed by atoms with van der Waals surface area (Å²) < 4.78 is 0. The topological polar surface area (TPSA) is 86.0 Å². The van der Waals surface area contributed by atoms with Crippen molar-refractivity contribution in [2.75, 3.05) is 5.32 Å². The van der Waals surface area contributed by atoms with Gasteiger partial charge in [0.1, 0.15) is 5.56 Å². The molecule has 19 heavy (non-hydrogen) atoms. The van der Waals surface area contributed by atoms with Crippen LogP contribution in [0.5, 0.6) is 0 Å². The number of hydrogen-bond donors (Lipinski definition) is 2. The normalized spacial score (nSPS) is 9.68. The largest absolute Gasteiger partial charge is 0.478 e. The number of aromatic carboxylic acids is 1. The van der Waals surface area contributed by atoms with Crippen molar-refractivity contribution in [1.29, 1.82) is 5.26 Å². The minimum Gasteiger partial charge on any atom is -0.478 e. The van der Waals surface area contributed by atoms with Crippen molar-refractivity contribution in [3.63, 3.8) is 0 Å². The van der Waals surface area contributed by atoms with E-state index in [-0.39, 0.29) is 5.56 Å². The molecule has 0 unspecified atom stereocenters. The third kappa shape index (κ3) is 2.87. The number of carboxylic acids is 1. The fourth-order valence-corrected chi connectivity index (χ4v) is 1.62. The number of hydrogen-bond acceptors (Lipinski definition) is 4. The Morgan fingerprint density at radius 1 is 1.37 bits per heavy atom. The standard InChI is InChI=1S/C14H11N3O2/c1-9-6-13(12(8-16-9)14(18)19)17-11-4-2-10(7-15)3-5-11/h2-6,8H,1H3,(H,16,17)(H,18,19). The SMILES string of the molecule is Cc1cc(Nc2ccc(C#N)cc2)c(C(=O)O)cn1. The summed E-state index contributed by atoms with van der Waals surface area (Å²) >= 11 is 0. The minimum atomic E-state index is -1.04. The first-order valence-electron chi connectivity index (χ1n) is 5.57. The average molecular weight is 253 g/mol. The molecule has 0 saturated carbocycles. The summed E-state index contributed by atoms with van der Waals surface area (Å²) in [6.07, 6.45) is 1.32. The fraction of sp³-hybridized carbons (Fsp3) is 0.0714. The number of nitrogens with zero attached hydrogens (tertiary/aromatic N) is 2. The van der Waals surface area contributed by atoms with Gasteiger partial charge in [-0.1, -0.05) is 0 Å². The maximum Gasteiger partial charge on any atom is 0.339 e. The quantitative estimate of drug-likeness (QED) is 0.878. The number of rotatable bonds is 3. The Morgan fingerprint density at radius 3 is 2.63 bits per heavy atom. The van der Waals surface area contributed by atoms with Crippen molar-refractivity contribution >= 4 is 17.3 Å². The van der Waals surface area contributed by atoms with Crippen LogP contribution in [0.3, 0.4) is 0 Å². The summed E-state index contributed by atoms with van der Waals surface area (Å²) in [5, 5.41) is 20.8. The Balaban J connectivity index is 2.34. The lowest BCUT2D eigenvalue weighted by molar-refractivity contribution is 0.0697. The highest BCUT2D eigenvalue weighted by atomic mass is 16.4. The first-order valence-corrected chi connectivity index (χ1v) is 5.57. The summed E-state index contributed by atoms with van der Waals surface area (Å²) in [4.78, 5) is 15.1. The van der Waals surface area contributed by atoms with Crippen LogP contribution in [-0.2, 0) is 0 Å². The maximum absolute atomic E-state index is 11.1. The van der Waals surface area contributed by atoms with Crippen molar-refractivity contribution in [2.24, 2.45) is 0 Å². The zero-order valence-electron chi connectivity index (χ0n) is 10.2. The van der Waals surface area contributed by atoms with Gasteiger partial charge in [-0.3, -0.25) is 4.98 Å². The molecule has 0 radical (unpaired) electrons. The Morgan fingerprint density at radius 2 is 2.05 bits per heavy atom. The highest BCUT2D eigenvalue weighted by Gasteiger charge is 2.11. The highest BCUT2D eigenvalue weighted by Crippen LogP contribution is 2.21. The molecule has 1 heterocycles. The third-order valence-corrected chi connectivity index (χ3v) is 2.56. The van der Waals surface area contributed by atoms with E-state index in [0.717, 1.165) is 5.69 Å². The molecular formula is C14H11N3O2. The van der Waals surface area contributed by atoms with E-state index in [0.29, 0.717) is 16.9 Å². The Bertz CT molecular complexity index is 657. The minimum absolute atomic E-state index is 0.106. The summed E-state index contributed by atoms with van der Waals surface area (Å²) in [5.41, 5.74) is 2.57. The molecule has 0 amide bonds. The molecule has 2 aromatic rings. The molecule has 0 aliphatic rings. The van der Waals surface area contributed by atoms with E-state index in [9.17, 15) is 4.79 Å². The first kappa shape index (κ1) is 12.6. The number of aryl methyl sites for hydroxylation is 1. The molecule has 0 saturated heterocycles. The van der Waals surface area contributed by atoms with Crippen molar-refractivity contribution in [3.05, 3.63) is 53.3 Å². The van der Waals surface area contributed by atoms with Crippen LogP contribution in [0, 0.1) is 18.3 Å². The van der Waals surface area contributed by atoms with Gasteiger partial charge in [0, 0.05) is 17.6 Å². The second kappa shape index (κ2) is 5.19. The van der Waals surface area contributed by atoms with E-state index >= 15 is 0 Å². The summed E-state index contributed by atoms with van der Waals surface area (Å²) in [5.74, 6) is -1.04. The van der Waals surface area contributed by atoms with Crippen LogP contribution in [0.15, 0.2) is 36.5 Å². The predicted octanol–water partition coefficient (Wildman–Crippen LogP) is 2.70. The van der Waals surface area contributed by atoms with Gasteiger partial charge in [-0.15, -0.1) is 0 Å². The lowest BCUT2D eigenvalue weighted by Gasteiger charge is -2.10. The predicted molar refractivity (Wildman–Crippen MR) is 70.4 cm³/mol. The molecule has 1 aromatic heterocycles. The van der Waals surface area contributed by atoms with Gasteiger partial charge in [-0.2, -0.15) is 5.26 Å². The van der Waals surface area contributed by atoms with Crippen LogP contribution in [-0.4, -0.2) is 16.1 Å². The van der Waals surface area contributed by atoms with Crippen LogP contribution in [0.4, 0.5) is 11.4 Å². The van der Waals surface area contributed by atoms with Gasteiger partial charge in [0.15, 0.2) is 0 Å². The number of carboxylic acid groups (broad SMARTS) is 1. The molecule has 94 valence electrons. The zero-order chi connectivity index (χ0) is 13.8. The Labute approximate surface area is 110 Å². The molecule has 0 spiro atoms. The number of nitriles is 1. The second-order valence-electron chi connectivity index (χ2n) is 3.99. The molecule has 5 nitrogen and oxygen atoms in total. The fourth-order valence-electron chi connectivity index (χ4n) is 1.62. The van der Waals surface area contributed by atoms with E-state index in [1.165, 1.54) is 6.20 Å². The van der Waals surface area contributed by atoms with Crippen LogP contribution in [0.1, 0.15) is 21.6 Å². The van der Waals surface area contributed by atoms with Crippen molar-refractivity contribution in [3.8, 4) is 6.07 Å². The van der Waals surface area contributed by atoms with Crippen molar-refractivity contribution in [1.82, 2.24) is 4.98 Å². The van der Waals surface area contributed by atoms with Gasteiger partial charge in [0.2, 0.25) is 0 Å². The van der Waals surface area contributed by atoms with Crippen molar-refractivity contribution in [2.45, 2.75) is 6.92 Å². The number of anilines is 2. The van der Waals surface area contributed by atoms with Gasteiger partial charge in [-0.25, -0.2) is 4.79 Å². The lowest BCUT2D eigenvalue weighted by Crippen LogP contribution is -2.04. The van der Waals surface area contributed by atoms with Gasteiger partial charge in [-0.05, 0) is 37.3 Å². The van der Waals surface area contributed by atoms with Gasteiger partial charge >= 0.3 is 5.97 Å². The van der Waals surface area contributed by atoms with Gasteiger partial charge in [0.05, 0.1) is 17.3 Å². The molecule has 0 aliphatic heterocycles. The van der Waals surface area contributed by atoms with Crippen LogP contribution >= 0.6 is 0 Å². The van der Waals surface area contributed by atoms with E-state index < -0.39 is 5.97 Å². The molecular weight excluding hydrogens is 242 g/mol. The van der Waals surface area contributed by atoms with Gasteiger partial charge < -0.3 is 10.4 Å². The van der Waals surface area contributed by atoms with E-state index in [1.54, 1.807) is 37.3 Å². The van der Waals surface area contributed by atoms with E-state index in [2.05, 4.69) is 10.3 Å². The Kier molecular flexibility index (Phi) is 3.44. The maximum atomic E-state index is 11.1. The molecule has 2 rings (SSSR count). The average Bonchev–Trinajstić information content (AvgIpc) is 2.39. The molecule has 2 N–H and O–H groups in total. The summed E-state index contributed by atoms with van der Waals surface area (Å²) in [6.45, 7) is 1.79. The summed E-state index contributed by atoms with van der Waals surface area (Å²) in [7, 11) is 0. The Hall–Kier alpha value is -2.87. The number of carbonyl (C=O) groups is 1. The number of nitrogens with one attached hydrogen (secondary N) is 1. The highest BCUT2D eigenvalue weighted by molar-refractivity contribution is 5.94. The lowest BCUT2D eigenvalue weighted by atomic mass is 10.2. The van der Waals surface area contributed by atoms with Crippen LogP contribution in [0.2, 0.25) is 0 Å². The smallest absolute Gasteiger partial charge is 0.339 e. The second-order valence-corrected chi connectivity index (χ2v) is 3.99. The van der Waals surface area contributed by atoms with E-state index in [1.807, 2.05) is 6.07 Å². The molecule has 1 aromatic carbocycles. The number of pyridine rings is 1. The molecule has 0 atom stereocenters. The monoisotopic (exact) mass is 253 g/mol. The molecule has 0 fully saturated rings. The molecule has 0 bridgehead atoms. The molecule has 0 aliphatic carbocycles. The van der Waals surface area contributed by atoms with Gasteiger partial charge in [0.25, 0.3) is 0 Å². The first-order chi connectivity index (χ1) is 9.10. The molecule has 5 heteroatoms. The number of benzene rings is 1. The van der Waals surface area contributed by atoms with E-state index in [4.69, 9.17) is 10.4 Å². The third-order valence-electron chi connectivity index (χ3n) is 2.56. The van der Waals surface area contributed by atoms with Crippen LogP contribution < -0.4 is 5.32 Å². The van der Waals surface area contributed by atoms with Crippen LogP contribution in [0.25, 0.3) is 0 Å². The zero-order valence-corrected chi connectivity index (χ0v) is 10.2. The van der Waals surface area contributed by atoms with Crippen molar-refractivity contribution < 1.29 is 9.90 Å². The number of aromatic nitrogens is 1. The summed E-state index contributed by atoms with van der Waals surface area (Å²) in [6, 6.07) is 10.5.